The molecule has 0 amide bonds. The Morgan fingerprint density at radius 1 is 1.11 bits per heavy atom. The van der Waals surface area contributed by atoms with Gasteiger partial charge in [-0.3, -0.25) is 9.59 Å². The van der Waals surface area contributed by atoms with E-state index in [0.717, 1.165) is 24.8 Å². The predicted molar refractivity (Wildman–Crippen MR) is 77.9 cm³/mol. The minimum atomic E-state index is -0.637. The van der Waals surface area contributed by atoms with Crippen LogP contribution in [0.2, 0.25) is 0 Å². The van der Waals surface area contributed by atoms with Crippen LogP contribution in [0.15, 0.2) is 27.8 Å². The first-order chi connectivity index (χ1) is 9.11. The van der Waals surface area contributed by atoms with Gasteiger partial charge in [-0.1, -0.05) is 32.3 Å². The summed E-state index contributed by atoms with van der Waals surface area (Å²) < 4.78 is 0. The SMILES string of the molecule is CCCCCC(Cl)c1ccc2[nH]c(=O)c(=O)[nH]c2c1. The summed E-state index contributed by atoms with van der Waals surface area (Å²) in [6.07, 6.45) is 4.33. The second-order valence-electron chi connectivity index (χ2n) is 4.68. The van der Waals surface area contributed by atoms with Crippen molar-refractivity contribution in [3.8, 4) is 0 Å². The molecule has 102 valence electrons. The molecule has 2 N–H and O–H groups in total. The van der Waals surface area contributed by atoms with Gasteiger partial charge < -0.3 is 9.97 Å². The molecule has 0 radical (unpaired) electrons. The Labute approximate surface area is 115 Å². The van der Waals surface area contributed by atoms with Crippen molar-refractivity contribution in [2.75, 3.05) is 0 Å². The van der Waals surface area contributed by atoms with Crippen LogP contribution in [-0.2, 0) is 0 Å². The fraction of sp³-hybridized carbons (Fsp3) is 0.429. The summed E-state index contributed by atoms with van der Waals surface area (Å²) in [4.78, 5) is 27.6. The lowest BCUT2D eigenvalue weighted by molar-refractivity contribution is 0.655. The molecule has 0 saturated carbocycles. The Hall–Kier alpha value is -1.55. The van der Waals surface area contributed by atoms with Gasteiger partial charge in [0.25, 0.3) is 0 Å². The highest BCUT2D eigenvalue weighted by Crippen LogP contribution is 2.27. The van der Waals surface area contributed by atoms with Gasteiger partial charge in [-0.2, -0.15) is 0 Å². The van der Waals surface area contributed by atoms with Crippen molar-refractivity contribution in [2.45, 2.75) is 38.0 Å². The number of hydrogen-bond donors (Lipinski definition) is 2. The van der Waals surface area contributed by atoms with E-state index in [4.69, 9.17) is 11.6 Å². The molecule has 4 nitrogen and oxygen atoms in total. The number of aromatic nitrogens is 2. The highest BCUT2D eigenvalue weighted by atomic mass is 35.5. The lowest BCUT2D eigenvalue weighted by Crippen LogP contribution is -2.28. The van der Waals surface area contributed by atoms with Crippen LogP contribution in [0.4, 0.5) is 0 Å². The standard InChI is InChI=1S/C14H17ClN2O2/c1-2-3-4-5-10(15)9-6-7-11-12(8-9)17-14(19)13(18)16-11/h6-8,10H,2-5H2,1H3,(H,16,18)(H,17,19). The van der Waals surface area contributed by atoms with Gasteiger partial charge in [-0.25, -0.2) is 0 Å². The minimum Gasteiger partial charge on any atom is -0.316 e. The zero-order chi connectivity index (χ0) is 13.8. The highest BCUT2D eigenvalue weighted by Gasteiger charge is 2.09. The summed E-state index contributed by atoms with van der Waals surface area (Å²) in [5, 5.41) is -0.0635. The van der Waals surface area contributed by atoms with Gasteiger partial charge in [0, 0.05) is 0 Å². The summed E-state index contributed by atoms with van der Waals surface area (Å²) in [5.74, 6) is 0. The van der Waals surface area contributed by atoms with E-state index in [9.17, 15) is 9.59 Å². The monoisotopic (exact) mass is 280 g/mol. The molecular formula is C14H17ClN2O2. The maximum atomic E-state index is 11.3. The largest absolute Gasteiger partial charge is 0.316 e. The molecule has 1 unspecified atom stereocenters. The number of nitrogens with one attached hydrogen (secondary N) is 2. The molecule has 2 rings (SSSR count). The molecule has 5 heteroatoms. The van der Waals surface area contributed by atoms with Gasteiger partial charge in [0.2, 0.25) is 0 Å². The number of H-pyrrole nitrogens is 2. The van der Waals surface area contributed by atoms with Gasteiger partial charge >= 0.3 is 11.1 Å². The van der Waals surface area contributed by atoms with Crippen molar-refractivity contribution in [3.63, 3.8) is 0 Å². The Kier molecular flexibility index (Phi) is 4.43. The average Bonchev–Trinajstić information content (AvgIpc) is 2.40. The summed E-state index contributed by atoms with van der Waals surface area (Å²) in [7, 11) is 0. The van der Waals surface area contributed by atoms with E-state index >= 15 is 0 Å². The predicted octanol–water partition coefficient (Wildman–Crippen LogP) is 3.08. The van der Waals surface area contributed by atoms with Crippen molar-refractivity contribution in [1.29, 1.82) is 0 Å². The topological polar surface area (TPSA) is 65.7 Å². The number of rotatable bonds is 5. The molecule has 0 spiro atoms. The van der Waals surface area contributed by atoms with Crippen molar-refractivity contribution in [3.05, 3.63) is 44.5 Å². The zero-order valence-corrected chi connectivity index (χ0v) is 11.6. The van der Waals surface area contributed by atoms with Gasteiger partial charge in [0.15, 0.2) is 0 Å². The van der Waals surface area contributed by atoms with Crippen LogP contribution < -0.4 is 11.1 Å². The molecule has 19 heavy (non-hydrogen) atoms. The van der Waals surface area contributed by atoms with Gasteiger partial charge in [-0.05, 0) is 24.1 Å². The normalized spacial score (nSPS) is 12.7. The molecule has 2 aromatic rings. The van der Waals surface area contributed by atoms with E-state index in [1.165, 1.54) is 6.42 Å². The summed E-state index contributed by atoms with van der Waals surface area (Å²) in [6.45, 7) is 2.15. The van der Waals surface area contributed by atoms with Crippen molar-refractivity contribution in [2.24, 2.45) is 0 Å². The lowest BCUT2D eigenvalue weighted by atomic mass is 10.1. The van der Waals surface area contributed by atoms with E-state index in [1.807, 2.05) is 12.1 Å². The first-order valence-corrected chi connectivity index (χ1v) is 6.95. The molecular weight excluding hydrogens is 264 g/mol. The second kappa shape index (κ2) is 6.06. The Morgan fingerprint density at radius 2 is 1.79 bits per heavy atom. The van der Waals surface area contributed by atoms with E-state index in [-0.39, 0.29) is 5.38 Å². The van der Waals surface area contributed by atoms with Crippen LogP contribution in [0, 0.1) is 0 Å². The van der Waals surface area contributed by atoms with Gasteiger partial charge in [0.05, 0.1) is 16.4 Å². The Morgan fingerprint density at radius 3 is 2.47 bits per heavy atom. The highest BCUT2D eigenvalue weighted by molar-refractivity contribution is 6.20. The van der Waals surface area contributed by atoms with Crippen LogP contribution in [0.3, 0.4) is 0 Å². The number of alkyl halides is 1. The fourth-order valence-electron chi connectivity index (χ4n) is 2.07. The Balaban J connectivity index is 2.28. The molecule has 0 aliphatic carbocycles. The second-order valence-corrected chi connectivity index (χ2v) is 5.20. The number of hydrogen-bond acceptors (Lipinski definition) is 2. The van der Waals surface area contributed by atoms with E-state index in [2.05, 4.69) is 16.9 Å². The summed E-state index contributed by atoms with van der Waals surface area (Å²) in [6, 6.07) is 5.49. The lowest BCUT2D eigenvalue weighted by Gasteiger charge is -2.10. The first kappa shape index (κ1) is 13.9. The molecule has 1 aromatic heterocycles. The first-order valence-electron chi connectivity index (χ1n) is 6.52. The molecule has 0 saturated heterocycles. The molecule has 1 aromatic carbocycles. The molecule has 0 fully saturated rings. The van der Waals surface area contributed by atoms with Crippen molar-refractivity contribution < 1.29 is 0 Å². The van der Waals surface area contributed by atoms with Gasteiger partial charge in [-0.15, -0.1) is 11.6 Å². The Bertz CT molecular complexity index is 675. The van der Waals surface area contributed by atoms with Crippen LogP contribution >= 0.6 is 11.6 Å². The fourth-order valence-corrected chi connectivity index (χ4v) is 2.36. The number of fused-ring (bicyclic) bond motifs is 1. The number of aromatic amines is 2. The van der Waals surface area contributed by atoms with Crippen molar-refractivity contribution in [1.82, 2.24) is 9.97 Å². The quantitative estimate of drug-likeness (QED) is 0.502. The van der Waals surface area contributed by atoms with E-state index < -0.39 is 11.1 Å². The van der Waals surface area contributed by atoms with Crippen LogP contribution in [0.1, 0.15) is 43.5 Å². The summed E-state index contributed by atoms with van der Waals surface area (Å²) in [5.41, 5.74) is 0.925. The smallest absolute Gasteiger partial charge is 0.314 e. The van der Waals surface area contributed by atoms with Crippen molar-refractivity contribution >= 4 is 22.6 Å². The maximum absolute atomic E-state index is 11.3. The van der Waals surface area contributed by atoms with E-state index in [1.54, 1.807) is 6.07 Å². The number of halogens is 1. The molecule has 0 aliphatic heterocycles. The molecule has 0 bridgehead atoms. The molecule has 1 heterocycles. The summed E-state index contributed by atoms with van der Waals surface area (Å²) >= 11 is 6.35. The van der Waals surface area contributed by atoms with Crippen LogP contribution in [-0.4, -0.2) is 9.97 Å². The number of unbranched alkanes of at least 4 members (excludes halogenated alkanes) is 2. The molecule has 1 atom stereocenters. The van der Waals surface area contributed by atoms with Crippen LogP contribution in [0.5, 0.6) is 0 Å². The zero-order valence-electron chi connectivity index (χ0n) is 10.8. The third kappa shape index (κ3) is 3.26. The third-order valence-electron chi connectivity index (χ3n) is 3.17. The minimum absolute atomic E-state index is 0.0635. The van der Waals surface area contributed by atoms with Gasteiger partial charge in [0.1, 0.15) is 0 Å². The molecule has 0 aliphatic rings. The average molecular weight is 281 g/mol. The third-order valence-corrected chi connectivity index (χ3v) is 3.64. The van der Waals surface area contributed by atoms with E-state index in [0.29, 0.717) is 11.0 Å². The number of benzene rings is 1. The van der Waals surface area contributed by atoms with Crippen LogP contribution in [0.25, 0.3) is 11.0 Å². The maximum Gasteiger partial charge on any atom is 0.314 e.